The van der Waals surface area contributed by atoms with Gasteiger partial charge in [-0.3, -0.25) is 0 Å². The van der Waals surface area contributed by atoms with Crippen LogP contribution in [0.4, 0.5) is 4.79 Å². The molecule has 13 heavy (non-hydrogen) atoms. The van der Waals surface area contributed by atoms with E-state index in [2.05, 4.69) is 5.32 Å². The van der Waals surface area contributed by atoms with Gasteiger partial charge in [-0.2, -0.15) is 8.42 Å². The molecule has 0 aromatic carbocycles. The van der Waals surface area contributed by atoms with Crippen LogP contribution < -0.4 is 11.1 Å². The van der Waals surface area contributed by atoms with Crippen molar-refractivity contribution in [1.29, 1.82) is 0 Å². The molecule has 0 aromatic rings. The first-order valence-electron chi connectivity index (χ1n) is 3.49. The van der Waals surface area contributed by atoms with Crippen LogP contribution in [0.15, 0.2) is 23.9 Å². The molecule has 0 bridgehead atoms. The van der Waals surface area contributed by atoms with E-state index in [0.717, 1.165) is 0 Å². The molecule has 5 nitrogen and oxygen atoms in total. The fourth-order valence-electron chi connectivity index (χ4n) is 0.888. The number of allylic oxidation sites excluding steroid dienone is 3. The summed E-state index contributed by atoms with van der Waals surface area (Å²) in [5.74, 6) is 0. The van der Waals surface area contributed by atoms with E-state index in [1.807, 2.05) is 0 Å². The van der Waals surface area contributed by atoms with Crippen molar-refractivity contribution in [2.24, 2.45) is 5.73 Å². The van der Waals surface area contributed by atoms with Crippen LogP contribution in [0.5, 0.6) is 0 Å². The molecule has 0 radical (unpaired) electrons. The molecule has 3 N–H and O–H groups in total. The summed E-state index contributed by atoms with van der Waals surface area (Å²) in [5, 5.41) is 2.34. The molecule has 1 rings (SSSR count). The van der Waals surface area contributed by atoms with E-state index in [1.54, 1.807) is 6.08 Å². The number of carbonyl (C=O) groups excluding carboxylic acids is 1. The van der Waals surface area contributed by atoms with Gasteiger partial charge in [-0.25, -0.2) is 4.79 Å². The summed E-state index contributed by atoms with van der Waals surface area (Å²) in [7, 11) is -2.19. The number of nitrogens with one attached hydrogen (secondary N) is 1. The molecule has 0 aliphatic heterocycles. The van der Waals surface area contributed by atoms with Crippen LogP contribution >= 0.6 is 0 Å². The third-order valence-electron chi connectivity index (χ3n) is 1.45. The molecule has 0 saturated carbocycles. The second kappa shape index (κ2) is 3.90. The first-order valence-corrected chi connectivity index (χ1v) is 4.57. The van der Waals surface area contributed by atoms with Gasteiger partial charge in [0.2, 0.25) is 10.3 Å². The second-order valence-corrected chi connectivity index (χ2v) is 3.38. The third kappa shape index (κ3) is 2.75. The van der Waals surface area contributed by atoms with Crippen molar-refractivity contribution in [1.82, 2.24) is 5.32 Å². The lowest BCUT2D eigenvalue weighted by Gasteiger charge is -2.06. The van der Waals surface area contributed by atoms with E-state index >= 15 is 0 Å². The molecule has 0 atom stereocenters. The largest absolute Gasteiger partial charge is 0.351 e. The highest BCUT2D eigenvalue weighted by Gasteiger charge is 2.04. The zero-order valence-electron chi connectivity index (χ0n) is 6.65. The molecule has 0 aromatic heterocycles. The molecule has 70 valence electrons. The smallest absolute Gasteiger partial charge is 0.316 e. The SMILES string of the molecule is NC(=O)NC1=CCC(=S(=O)=O)C=C1. The van der Waals surface area contributed by atoms with Gasteiger partial charge >= 0.3 is 6.03 Å². The summed E-state index contributed by atoms with van der Waals surface area (Å²) in [5.41, 5.74) is 5.38. The highest BCUT2D eigenvalue weighted by molar-refractivity contribution is 7.73. The van der Waals surface area contributed by atoms with Crippen molar-refractivity contribution in [3.63, 3.8) is 0 Å². The van der Waals surface area contributed by atoms with Crippen LogP contribution in [-0.4, -0.2) is 19.3 Å². The zero-order chi connectivity index (χ0) is 9.84. The molecule has 0 spiro atoms. The fraction of sp³-hybridized carbons (Fsp3) is 0.143. The minimum atomic E-state index is -2.19. The topological polar surface area (TPSA) is 89.3 Å². The van der Waals surface area contributed by atoms with Crippen LogP contribution in [0.1, 0.15) is 6.42 Å². The molecule has 6 heteroatoms. The molecule has 0 unspecified atom stereocenters. The average Bonchev–Trinajstić information content (AvgIpc) is 2.04. The number of nitrogens with two attached hydrogens (primary N) is 1. The van der Waals surface area contributed by atoms with Crippen LogP contribution in [0, 0.1) is 0 Å². The van der Waals surface area contributed by atoms with Crippen LogP contribution in [0.2, 0.25) is 0 Å². The fourth-order valence-corrected chi connectivity index (χ4v) is 1.29. The Bertz CT molecular complexity index is 409. The van der Waals surface area contributed by atoms with E-state index < -0.39 is 16.3 Å². The van der Waals surface area contributed by atoms with Gasteiger partial charge in [0.25, 0.3) is 0 Å². The Morgan fingerprint density at radius 2 is 2.15 bits per heavy atom. The van der Waals surface area contributed by atoms with Crippen LogP contribution in [0.3, 0.4) is 0 Å². The van der Waals surface area contributed by atoms with Gasteiger partial charge in [-0.05, 0) is 12.2 Å². The maximum Gasteiger partial charge on any atom is 0.316 e. The first-order chi connectivity index (χ1) is 6.09. The van der Waals surface area contributed by atoms with Gasteiger partial charge in [0.05, 0.1) is 4.86 Å². The maximum atomic E-state index is 10.5. The summed E-state index contributed by atoms with van der Waals surface area (Å²) in [6.07, 6.45) is 4.77. The number of hydrogen-bond acceptors (Lipinski definition) is 3. The highest BCUT2D eigenvalue weighted by Crippen LogP contribution is 2.04. The Morgan fingerprint density at radius 3 is 2.54 bits per heavy atom. The minimum absolute atomic E-state index is 0.280. The number of rotatable bonds is 1. The Hall–Kier alpha value is -1.56. The van der Waals surface area contributed by atoms with E-state index in [4.69, 9.17) is 5.73 Å². The predicted molar refractivity (Wildman–Crippen MR) is 48.5 cm³/mol. The predicted octanol–water partition coefficient (Wildman–Crippen LogP) is -0.450. The Morgan fingerprint density at radius 1 is 1.46 bits per heavy atom. The number of primary amides is 1. The van der Waals surface area contributed by atoms with E-state index in [-0.39, 0.29) is 11.3 Å². The Balaban J connectivity index is 2.77. The van der Waals surface area contributed by atoms with E-state index in [9.17, 15) is 13.2 Å². The molecule has 0 heterocycles. The summed E-state index contributed by atoms with van der Waals surface area (Å²) in [6.45, 7) is 0. The minimum Gasteiger partial charge on any atom is -0.351 e. The number of amides is 2. The first kappa shape index (κ1) is 9.53. The molecule has 2 amide bonds. The van der Waals surface area contributed by atoms with Crippen molar-refractivity contribution in [3.05, 3.63) is 23.9 Å². The zero-order valence-corrected chi connectivity index (χ0v) is 7.47. The van der Waals surface area contributed by atoms with E-state index in [1.165, 1.54) is 12.2 Å². The second-order valence-electron chi connectivity index (χ2n) is 2.39. The maximum absolute atomic E-state index is 10.5. The molecular formula is C7H8N2O3S. The van der Waals surface area contributed by atoms with Crippen LogP contribution in [-0.2, 0) is 10.3 Å². The van der Waals surface area contributed by atoms with Crippen molar-refractivity contribution in [3.8, 4) is 0 Å². The van der Waals surface area contributed by atoms with Crippen molar-refractivity contribution in [2.45, 2.75) is 6.42 Å². The lowest BCUT2D eigenvalue weighted by atomic mass is 10.1. The summed E-state index contributed by atoms with van der Waals surface area (Å²) >= 11 is 0. The van der Waals surface area contributed by atoms with Crippen molar-refractivity contribution < 1.29 is 13.2 Å². The van der Waals surface area contributed by atoms with Gasteiger partial charge < -0.3 is 11.1 Å². The number of hydrogen-bond donors (Lipinski definition) is 2. The van der Waals surface area contributed by atoms with Gasteiger partial charge in [0.15, 0.2) is 0 Å². The average molecular weight is 200 g/mol. The standard InChI is InChI=1S/C7H8N2O3S/c8-7(10)9-5-1-3-6(4-2-5)13(11)12/h1-3H,4H2,(H3,8,9,10). The van der Waals surface area contributed by atoms with Crippen molar-refractivity contribution in [2.75, 3.05) is 0 Å². The summed E-state index contributed by atoms with van der Waals surface area (Å²) in [4.78, 5) is 10.7. The summed E-state index contributed by atoms with van der Waals surface area (Å²) in [6, 6.07) is -0.664. The summed E-state index contributed by atoms with van der Waals surface area (Å²) < 4.78 is 20.9. The number of carbonyl (C=O) groups is 1. The molecule has 0 fully saturated rings. The Kier molecular flexibility index (Phi) is 2.86. The van der Waals surface area contributed by atoms with Crippen molar-refractivity contribution >= 4 is 21.2 Å². The highest BCUT2D eigenvalue weighted by atomic mass is 32.2. The molecular weight excluding hydrogens is 192 g/mol. The number of urea groups is 1. The van der Waals surface area contributed by atoms with Gasteiger partial charge in [-0.1, -0.05) is 6.08 Å². The van der Waals surface area contributed by atoms with Gasteiger partial charge in [-0.15, -0.1) is 0 Å². The lowest BCUT2D eigenvalue weighted by molar-refractivity contribution is 0.251. The molecule has 1 aliphatic rings. The third-order valence-corrected chi connectivity index (χ3v) is 2.18. The van der Waals surface area contributed by atoms with Crippen LogP contribution in [0.25, 0.3) is 0 Å². The van der Waals surface area contributed by atoms with E-state index in [0.29, 0.717) is 5.70 Å². The van der Waals surface area contributed by atoms with Gasteiger partial charge in [0.1, 0.15) is 0 Å². The van der Waals surface area contributed by atoms with Gasteiger partial charge in [0, 0.05) is 12.1 Å². The molecule has 1 aliphatic carbocycles. The quantitative estimate of drug-likeness (QED) is 0.562. The lowest BCUT2D eigenvalue weighted by Crippen LogP contribution is -2.28. The normalized spacial score (nSPS) is 15.1. The molecule has 0 saturated heterocycles. The monoisotopic (exact) mass is 200 g/mol. The Labute approximate surface area is 76.5 Å².